The van der Waals surface area contributed by atoms with E-state index in [9.17, 15) is 0 Å². The minimum atomic E-state index is 0.719. The average molecular weight is 300 g/mol. The van der Waals surface area contributed by atoms with Crippen LogP contribution in [0, 0.1) is 12.8 Å². The molecule has 0 heterocycles. The van der Waals surface area contributed by atoms with Crippen LogP contribution in [0.5, 0.6) is 0 Å². The van der Waals surface area contributed by atoms with E-state index in [2.05, 4.69) is 60.2 Å². The maximum absolute atomic E-state index is 5.55. The first kappa shape index (κ1) is 14.5. The Morgan fingerprint density at radius 1 is 1.29 bits per heavy atom. The summed E-state index contributed by atoms with van der Waals surface area (Å²) in [5.74, 6) is 0.719. The van der Waals surface area contributed by atoms with Crippen LogP contribution < -0.4 is 5.32 Å². The van der Waals surface area contributed by atoms with Crippen molar-refractivity contribution in [3.05, 3.63) is 28.2 Å². The van der Waals surface area contributed by atoms with Gasteiger partial charge in [-0.2, -0.15) is 0 Å². The Balaban J connectivity index is 2.16. The van der Waals surface area contributed by atoms with Crippen LogP contribution in [0.4, 0.5) is 5.69 Å². The zero-order chi connectivity index (χ0) is 12.7. The van der Waals surface area contributed by atoms with Gasteiger partial charge in [-0.25, -0.2) is 0 Å². The summed E-state index contributed by atoms with van der Waals surface area (Å²) < 4.78 is 6.69. The summed E-state index contributed by atoms with van der Waals surface area (Å²) in [6.45, 7) is 8.99. The van der Waals surface area contributed by atoms with Crippen LogP contribution in [0.1, 0.15) is 25.8 Å². The highest BCUT2D eigenvalue weighted by Crippen LogP contribution is 2.20. The van der Waals surface area contributed by atoms with E-state index >= 15 is 0 Å². The molecule has 0 aliphatic heterocycles. The molecule has 0 unspecified atom stereocenters. The van der Waals surface area contributed by atoms with Crippen LogP contribution in [0.2, 0.25) is 0 Å². The van der Waals surface area contributed by atoms with Crippen molar-refractivity contribution < 1.29 is 4.74 Å². The first-order valence-electron chi connectivity index (χ1n) is 6.17. The summed E-state index contributed by atoms with van der Waals surface area (Å²) in [6.07, 6.45) is 1.13. The molecule has 1 aromatic carbocycles. The minimum Gasteiger partial charge on any atom is -0.383 e. The van der Waals surface area contributed by atoms with E-state index in [1.165, 1.54) is 5.56 Å². The standard InChI is InChI=1S/C14H22BrNO/c1-11(2)6-8-17-9-7-16-13-5-4-12(3)14(15)10-13/h4-5,10-11,16H,6-9H2,1-3H3. The summed E-state index contributed by atoms with van der Waals surface area (Å²) in [5, 5.41) is 3.35. The molecule has 0 bridgehead atoms. The van der Waals surface area contributed by atoms with E-state index in [-0.39, 0.29) is 0 Å². The van der Waals surface area contributed by atoms with E-state index in [1.54, 1.807) is 0 Å². The summed E-state index contributed by atoms with van der Waals surface area (Å²) in [7, 11) is 0. The molecule has 3 heteroatoms. The van der Waals surface area contributed by atoms with Gasteiger partial charge in [-0.05, 0) is 37.0 Å². The Morgan fingerprint density at radius 2 is 2.06 bits per heavy atom. The molecule has 0 saturated carbocycles. The lowest BCUT2D eigenvalue weighted by molar-refractivity contribution is 0.132. The summed E-state index contributed by atoms with van der Waals surface area (Å²) in [6, 6.07) is 6.30. The average Bonchev–Trinajstić information content (AvgIpc) is 2.27. The minimum absolute atomic E-state index is 0.719. The number of anilines is 1. The third-order valence-electron chi connectivity index (χ3n) is 2.59. The maximum Gasteiger partial charge on any atom is 0.0639 e. The number of rotatable bonds is 7. The van der Waals surface area contributed by atoms with Gasteiger partial charge < -0.3 is 10.1 Å². The predicted octanol–water partition coefficient (Wildman–Crippen LogP) is 4.23. The summed E-state index contributed by atoms with van der Waals surface area (Å²) in [5.41, 5.74) is 2.39. The molecule has 0 aliphatic carbocycles. The highest BCUT2D eigenvalue weighted by atomic mass is 79.9. The van der Waals surface area contributed by atoms with Crippen molar-refractivity contribution in [3.8, 4) is 0 Å². The van der Waals surface area contributed by atoms with Gasteiger partial charge in [0.1, 0.15) is 0 Å². The maximum atomic E-state index is 5.55. The van der Waals surface area contributed by atoms with Gasteiger partial charge in [-0.15, -0.1) is 0 Å². The second-order valence-electron chi connectivity index (χ2n) is 4.69. The van der Waals surface area contributed by atoms with Gasteiger partial charge in [-0.3, -0.25) is 0 Å². The molecule has 0 aliphatic rings. The molecule has 96 valence electrons. The lowest BCUT2D eigenvalue weighted by atomic mass is 10.1. The quantitative estimate of drug-likeness (QED) is 0.761. The molecule has 0 amide bonds. The van der Waals surface area contributed by atoms with Crippen LogP contribution in [0.3, 0.4) is 0 Å². The molecule has 0 spiro atoms. The first-order valence-corrected chi connectivity index (χ1v) is 6.96. The highest BCUT2D eigenvalue weighted by molar-refractivity contribution is 9.10. The number of hydrogen-bond acceptors (Lipinski definition) is 2. The number of aryl methyl sites for hydroxylation is 1. The van der Waals surface area contributed by atoms with Gasteiger partial charge in [0.2, 0.25) is 0 Å². The molecular formula is C14H22BrNO. The lowest BCUT2D eigenvalue weighted by Crippen LogP contribution is -2.10. The Hall–Kier alpha value is -0.540. The van der Waals surface area contributed by atoms with Gasteiger partial charge in [0.15, 0.2) is 0 Å². The summed E-state index contributed by atoms with van der Waals surface area (Å²) in [4.78, 5) is 0. The number of ether oxygens (including phenoxy) is 1. The molecule has 1 N–H and O–H groups in total. The number of halogens is 1. The fourth-order valence-electron chi connectivity index (χ4n) is 1.39. The van der Waals surface area contributed by atoms with E-state index in [4.69, 9.17) is 4.74 Å². The van der Waals surface area contributed by atoms with Crippen molar-refractivity contribution in [3.63, 3.8) is 0 Å². The van der Waals surface area contributed by atoms with Gasteiger partial charge in [0.05, 0.1) is 6.61 Å². The molecule has 0 saturated heterocycles. The second kappa shape index (κ2) is 7.72. The zero-order valence-electron chi connectivity index (χ0n) is 10.9. The molecule has 1 rings (SSSR count). The summed E-state index contributed by atoms with van der Waals surface area (Å²) >= 11 is 3.52. The predicted molar refractivity (Wildman–Crippen MR) is 77.6 cm³/mol. The number of nitrogens with one attached hydrogen (secondary N) is 1. The molecule has 1 aromatic rings. The van der Waals surface area contributed by atoms with E-state index in [0.29, 0.717) is 0 Å². The van der Waals surface area contributed by atoms with Crippen LogP contribution in [-0.2, 0) is 4.74 Å². The third kappa shape index (κ3) is 6.08. The van der Waals surface area contributed by atoms with Gasteiger partial charge in [0, 0.05) is 23.3 Å². The SMILES string of the molecule is Cc1ccc(NCCOCCC(C)C)cc1Br. The smallest absolute Gasteiger partial charge is 0.0639 e. The lowest BCUT2D eigenvalue weighted by Gasteiger charge is -2.09. The number of benzene rings is 1. The van der Waals surface area contributed by atoms with Crippen molar-refractivity contribution in [2.75, 3.05) is 25.1 Å². The monoisotopic (exact) mass is 299 g/mol. The first-order chi connectivity index (χ1) is 8.09. The zero-order valence-corrected chi connectivity index (χ0v) is 12.5. The highest BCUT2D eigenvalue weighted by Gasteiger charge is 1.97. The Bertz CT molecular complexity index is 339. The van der Waals surface area contributed by atoms with E-state index in [1.807, 2.05) is 0 Å². The third-order valence-corrected chi connectivity index (χ3v) is 3.44. The number of hydrogen-bond donors (Lipinski definition) is 1. The fraction of sp³-hybridized carbons (Fsp3) is 0.571. The molecule has 2 nitrogen and oxygen atoms in total. The largest absolute Gasteiger partial charge is 0.383 e. The van der Waals surface area contributed by atoms with E-state index < -0.39 is 0 Å². The Morgan fingerprint density at radius 3 is 2.71 bits per heavy atom. The normalized spacial score (nSPS) is 10.9. The van der Waals surface area contributed by atoms with Crippen molar-refractivity contribution in [2.45, 2.75) is 27.2 Å². The van der Waals surface area contributed by atoms with Crippen molar-refractivity contribution in [2.24, 2.45) is 5.92 Å². The van der Waals surface area contributed by atoms with Crippen LogP contribution in [0.15, 0.2) is 22.7 Å². The molecule has 17 heavy (non-hydrogen) atoms. The molecular weight excluding hydrogens is 278 g/mol. The van der Waals surface area contributed by atoms with Crippen LogP contribution >= 0.6 is 15.9 Å². The topological polar surface area (TPSA) is 21.3 Å². The van der Waals surface area contributed by atoms with Gasteiger partial charge >= 0.3 is 0 Å². The van der Waals surface area contributed by atoms with Gasteiger partial charge in [0.25, 0.3) is 0 Å². The fourth-order valence-corrected chi connectivity index (χ4v) is 1.77. The van der Waals surface area contributed by atoms with Crippen molar-refractivity contribution in [1.29, 1.82) is 0 Å². The molecule has 0 atom stereocenters. The Kier molecular flexibility index (Phi) is 6.60. The Labute approximate surface area is 113 Å². The van der Waals surface area contributed by atoms with Crippen molar-refractivity contribution in [1.82, 2.24) is 0 Å². The van der Waals surface area contributed by atoms with Crippen LogP contribution in [0.25, 0.3) is 0 Å². The molecule has 0 fully saturated rings. The van der Waals surface area contributed by atoms with Crippen LogP contribution in [-0.4, -0.2) is 19.8 Å². The second-order valence-corrected chi connectivity index (χ2v) is 5.54. The van der Waals surface area contributed by atoms with E-state index in [0.717, 1.165) is 42.3 Å². The molecule has 0 radical (unpaired) electrons. The van der Waals surface area contributed by atoms with Gasteiger partial charge in [-0.1, -0.05) is 35.8 Å². The van der Waals surface area contributed by atoms with Crippen molar-refractivity contribution >= 4 is 21.6 Å². The molecule has 0 aromatic heterocycles.